The van der Waals surface area contributed by atoms with Gasteiger partial charge in [0.15, 0.2) is 0 Å². The summed E-state index contributed by atoms with van der Waals surface area (Å²) >= 11 is 1.86. The van der Waals surface area contributed by atoms with Crippen LogP contribution in [0.15, 0.2) is 17.5 Å². The first-order chi connectivity index (χ1) is 9.70. The van der Waals surface area contributed by atoms with Crippen LogP contribution in [0.25, 0.3) is 0 Å². The summed E-state index contributed by atoms with van der Waals surface area (Å²) < 4.78 is 6.32. The van der Waals surface area contributed by atoms with Gasteiger partial charge < -0.3 is 10.1 Å². The minimum Gasteiger partial charge on any atom is -0.374 e. The summed E-state index contributed by atoms with van der Waals surface area (Å²) in [6.07, 6.45) is 6.09. The molecule has 1 aliphatic carbocycles. The summed E-state index contributed by atoms with van der Waals surface area (Å²) in [6.45, 7) is 8.54. The first kappa shape index (κ1) is 16.0. The Morgan fingerprint density at radius 1 is 1.40 bits per heavy atom. The zero-order valence-electron chi connectivity index (χ0n) is 13.2. The van der Waals surface area contributed by atoms with Crippen LogP contribution in [0, 0.1) is 5.92 Å². The topological polar surface area (TPSA) is 21.3 Å². The van der Waals surface area contributed by atoms with Crippen LogP contribution in [0.5, 0.6) is 0 Å². The average molecular weight is 295 g/mol. The maximum absolute atomic E-state index is 6.32. The summed E-state index contributed by atoms with van der Waals surface area (Å²) in [7, 11) is 0. The van der Waals surface area contributed by atoms with E-state index in [2.05, 4.69) is 43.6 Å². The van der Waals surface area contributed by atoms with E-state index in [9.17, 15) is 0 Å². The number of hydrogen-bond acceptors (Lipinski definition) is 3. The van der Waals surface area contributed by atoms with Gasteiger partial charge in [0, 0.05) is 17.5 Å². The molecule has 0 radical (unpaired) electrons. The smallest absolute Gasteiger partial charge is 0.0838 e. The number of rotatable bonds is 7. The van der Waals surface area contributed by atoms with Crippen molar-refractivity contribution in [2.24, 2.45) is 5.92 Å². The van der Waals surface area contributed by atoms with Crippen molar-refractivity contribution in [2.45, 2.75) is 64.5 Å². The Hall–Kier alpha value is -0.380. The monoisotopic (exact) mass is 295 g/mol. The molecular formula is C17H29NOS. The molecule has 1 fully saturated rings. The summed E-state index contributed by atoms with van der Waals surface area (Å²) in [6, 6.07) is 4.85. The molecule has 0 bridgehead atoms. The number of ether oxygens (including phenoxy) is 1. The van der Waals surface area contributed by atoms with Crippen molar-refractivity contribution in [2.75, 3.05) is 13.2 Å². The number of thiophene rings is 1. The lowest BCUT2D eigenvalue weighted by atomic mass is 9.74. The van der Waals surface area contributed by atoms with Crippen LogP contribution in [0.1, 0.15) is 51.3 Å². The van der Waals surface area contributed by atoms with Gasteiger partial charge in [-0.2, -0.15) is 0 Å². The highest BCUT2D eigenvalue weighted by atomic mass is 32.1. The molecule has 1 aromatic rings. The van der Waals surface area contributed by atoms with Gasteiger partial charge in [0.25, 0.3) is 0 Å². The van der Waals surface area contributed by atoms with Crippen molar-refractivity contribution >= 4 is 11.3 Å². The minimum absolute atomic E-state index is 0.0429. The first-order valence-electron chi connectivity index (χ1n) is 8.10. The van der Waals surface area contributed by atoms with Crippen molar-refractivity contribution in [3.05, 3.63) is 22.4 Å². The molecule has 0 amide bonds. The Morgan fingerprint density at radius 3 is 2.70 bits per heavy atom. The standard InChI is InChI=1S/C17H29NOS/c1-4-18-16(13-15-7-6-12-20-15)17(19-5-2)10-8-14(3)9-11-17/h6-7,12,14,16,18H,4-5,8-11,13H2,1-3H3. The van der Waals surface area contributed by atoms with Gasteiger partial charge in [-0.25, -0.2) is 0 Å². The molecule has 3 heteroatoms. The van der Waals surface area contributed by atoms with E-state index in [0.717, 1.165) is 25.5 Å². The van der Waals surface area contributed by atoms with E-state index in [1.807, 2.05) is 11.3 Å². The van der Waals surface area contributed by atoms with Crippen LogP contribution in [-0.4, -0.2) is 24.8 Å². The Balaban J connectivity index is 2.13. The van der Waals surface area contributed by atoms with Crippen molar-refractivity contribution in [3.63, 3.8) is 0 Å². The Morgan fingerprint density at radius 2 is 2.15 bits per heavy atom. The summed E-state index contributed by atoms with van der Waals surface area (Å²) in [5, 5.41) is 5.89. The average Bonchev–Trinajstić information content (AvgIpc) is 2.94. The zero-order valence-corrected chi connectivity index (χ0v) is 14.0. The van der Waals surface area contributed by atoms with E-state index in [-0.39, 0.29) is 5.60 Å². The highest BCUT2D eigenvalue weighted by Crippen LogP contribution is 2.38. The molecule has 1 heterocycles. The number of likely N-dealkylation sites (N-methyl/N-ethyl adjacent to an activating group) is 1. The molecule has 1 aromatic heterocycles. The van der Waals surface area contributed by atoms with Gasteiger partial charge in [-0.05, 0) is 62.9 Å². The van der Waals surface area contributed by atoms with E-state index in [0.29, 0.717) is 6.04 Å². The van der Waals surface area contributed by atoms with Crippen molar-refractivity contribution in [1.82, 2.24) is 5.32 Å². The molecular weight excluding hydrogens is 266 g/mol. The predicted molar refractivity (Wildman–Crippen MR) is 87.5 cm³/mol. The third kappa shape index (κ3) is 3.84. The van der Waals surface area contributed by atoms with Crippen molar-refractivity contribution in [1.29, 1.82) is 0 Å². The van der Waals surface area contributed by atoms with Crippen LogP contribution in [0.4, 0.5) is 0 Å². The Kier molecular flexibility index (Phi) is 6.06. The Bertz CT molecular complexity index is 368. The Labute approximate surface area is 127 Å². The van der Waals surface area contributed by atoms with Gasteiger partial charge in [-0.3, -0.25) is 0 Å². The maximum atomic E-state index is 6.32. The van der Waals surface area contributed by atoms with Gasteiger partial charge >= 0.3 is 0 Å². The fourth-order valence-corrected chi connectivity index (χ4v) is 4.20. The molecule has 20 heavy (non-hydrogen) atoms. The quantitative estimate of drug-likeness (QED) is 0.812. The van der Waals surface area contributed by atoms with E-state index in [1.165, 1.54) is 30.6 Å². The molecule has 0 saturated heterocycles. The predicted octanol–water partition coefficient (Wildman–Crippen LogP) is 4.25. The van der Waals surface area contributed by atoms with Crippen molar-refractivity contribution in [3.8, 4) is 0 Å². The summed E-state index contributed by atoms with van der Waals surface area (Å²) in [5.74, 6) is 0.854. The highest BCUT2D eigenvalue weighted by molar-refractivity contribution is 7.09. The van der Waals surface area contributed by atoms with Gasteiger partial charge in [0.2, 0.25) is 0 Å². The van der Waals surface area contributed by atoms with Crippen LogP contribution < -0.4 is 5.32 Å². The molecule has 0 spiro atoms. The molecule has 0 aliphatic heterocycles. The van der Waals surface area contributed by atoms with Crippen LogP contribution in [0.3, 0.4) is 0 Å². The van der Waals surface area contributed by atoms with Gasteiger partial charge in [-0.1, -0.05) is 19.9 Å². The lowest BCUT2D eigenvalue weighted by Gasteiger charge is -2.45. The number of hydrogen-bond donors (Lipinski definition) is 1. The molecule has 114 valence electrons. The SMILES string of the molecule is CCNC(Cc1cccs1)C1(OCC)CCC(C)CC1. The molecule has 1 N–H and O–H groups in total. The lowest BCUT2D eigenvalue weighted by Crippen LogP contribution is -2.55. The molecule has 1 saturated carbocycles. The lowest BCUT2D eigenvalue weighted by molar-refractivity contribution is -0.0956. The molecule has 1 atom stereocenters. The van der Waals surface area contributed by atoms with Gasteiger partial charge in [-0.15, -0.1) is 11.3 Å². The van der Waals surface area contributed by atoms with Crippen molar-refractivity contribution < 1.29 is 4.74 Å². The maximum Gasteiger partial charge on any atom is 0.0838 e. The zero-order chi connectivity index (χ0) is 14.4. The van der Waals surface area contributed by atoms with Crippen LogP contribution in [0.2, 0.25) is 0 Å². The summed E-state index contributed by atoms with van der Waals surface area (Å²) in [5.41, 5.74) is 0.0429. The van der Waals surface area contributed by atoms with E-state index < -0.39 is 0 Å². The second-order valence-electron chi connectivity index (χ2n) is 6.07. The second-order valence-corrected chi connectivity index (χ2v) is 7.11. The van der Waals surface area contributed by atoms with Gasteiger partial charge in [0.05, 0.1) is 5.60 Å². The molecule has 2 rings (SSSR count). The molecule has 2 nitrogen and oxygen atoms in total. The third-order valence-corrected chi connectivity index (χ3v) is 5.52. The fraction of sp³-hybridized carbons (Fsp3) is 0.765. The largest absolute Gasteiger partial charge is 0.374 e. The van der Waals surface area contributed by atoms with Crippen LogP contribution in [-0.2, 0) is 11.2 Å². The molecule has 1 unspecified atom stereocenters. The van der Waals surface area contributed by atoms with E-state index in [1.54, 1.807) is 0 Å². The normalized spacial score (nSPS) is 28.4. The number of nitrogens with one attached hydrogen (secondary N) is 1. The van der Waals surface area contributed by atoms with Gasteiger partial charge in [0.1, 0.15) is 0 Å². The fourth-order valence-electron chi connectivity index (χ4n) is 3.45. The third-order valence-electron chi connectivity index (χ3n) is 4.62. The minimum atomic E-state index is 0.0429. The highest BCUT2D eigenvalue weighted by Gasteiger charge is 2.41. The first-order valence-corrected chi connectivity index (χ1v) is 8.98. The molecule has 0 aromatic carbocycles. The summed E-state index contributed by atoms with van der Waals surface area (Å²) in [4.78, 5) is 1.47. The van der Waals surface area contributed by atoms with E-state index in [4.69, 9.17) is 4.74 Å². The second kappa shape index (κ2) is 7.58. The van der Waals surface area contributed by atoms with Crippen LogP contribution >= 0.6 is 11.3 Å². The molecule has 1 aliphatic rings. The van der Waals surface area contributed by atoms with E-state index >= 15 is 0 Å².